The van der Waals surface area contributed by atoms with Crippen molar-refractivity contribution in [3.05, 3.63) is 35.4 Å². The van der Waals surface area contributed by atoms with E-state index in [2.05, 4.69) is 5.32 Å². The highest BCUT2D eigenvalue weighted by molar-refractivity contribution is 7.99. The van der Waals surface area contributed by atoms with Crippen LogP contribution in [0.3, 0.4) is 0 Å². The number of rotatable bonds is 3. The van der Waals surface area contributed by atoms with Crippen LogP contribution in [0.4, 0.5) is 0 Å². The van der Waals surface area contributed by atoms with E-state index >= 15 is 0 Å². The Kier molecular flexibility index (Phi) is 8.25. The minimum absolute atomic E-state index is 0. The van der Waals surface area contributed by atoms with Gasteiger partial charge in [-0.2, -0.15) is 11.8 Å². The summed E-state index contributed by atoms with van der Waals surface area (Å²) in [4.78, 5) is 29.1. The van der Waals surface area contributed by atoms with E-state index in [0.717, 1.165) is 42.1 Å². The van der Waals surface area contributed by atoms with Crippen LogP contribution in [-0.2, 0) is 4.79 Å². The van der Waals surface area contributed by atoms with Gasteiger partial charge in [-0.15, -0.1) is 12.4 Å². The number of hydrogen-bond acceptors (Lipinski definition) is 4. The lowest BCUT2D eigenvalue weighted by Crippen LogP contribution is -2.43. The maximum Gasteiger partial charge on any atom is 0.253 e. The first-order valence-electron chi connectivity index (χ1n) is 9.08. The molecule has 2 saturated heterocycles. The number of carbonyl (C=O) groups excluding carboxylic acids is 2. The number of carbonyl (C=O) groups is 2. The topological polar surface area (TPSA) is 52.7 Å². The second kappa shape index (κ2) is 10.2. The highest BCUT2D eigenvalue weighted by Crippen LogP contribution is 2.14. The molecule has 1 unspecified atom stereocenters. The molecule has 2 aliphatic rings. The predicted molar refractivity (Wildman–Crippen MR) is 109 cm³/mol. The lowest BCUT2D eigenvalue weighted by atomic mass is 10.1. The zero-order chi connectivity index (χ0) is 17.6. The minimum atomic E-state index is 0. The number of amides is 2. The van der Waals surface area contributed by atoms with Gasteiger partial charge in [-0.3, -0.25) is 9.59 Å². The van der Waals surface area contributed by atoms with Gasteiger partial charge in [0, 0.05) is 62.3 Å². The molecule has 0 spiro atoms. The Hall–Kier alpha value is -1.24. The van der Waals surface area contributed by atoms with E-state index in [4.69, 9.17) is 0 Å². The van der Waals surface area contributed by atoms with Gasteiger partial charge in [-0.25, -0.2) is 0 Å². The predicted octanol–water partition coefficient (Wildman–Crippen LogP) is 2.19. The van der Waals surface area contributed by atoms with Gasteiger partial charge in [0.25, 0.3) is 5.91 Å². The summed E-state index contributed by atoms with van der Waals surface area (Å²) in [6.07, 6.45) is 1.41. The first-order valence-corrected chi connectivity index (χ1v) is 10.2. The molecule has 26 heavy (non-hydrogen) atoms. The Morgan fingerprint density at radius 1 is 1.19 bits per heavy atom. The second-order valence-electron chi connectivity index (χ2n) is 6.83. The lowest BCUT2D eigenvalue weighted by molar-refractivity contribution is -0.131. The quantitative estimate of drug-likeness (QED) is 0.849. The van der Waals surface area contributed by atoms with Crippen molar-refractivity contribution in [2.75, 3.05) is 44.2 Å². The van der Waals surface area contributed by atoms with Crippen LogP contribution in [0, 0.1) is 6.92 Å². The minimum Gasteiger partial charge on any atom is -0.341 e. The molecule has 5 nitrogen and oxygen atoms in total. The molecular weight excluding hydrogens is 370 g/mol. The third-order valence-electron chi connectivity index (χ3n) is 4.82. The summed E-state index contributed by atoms with van der Waals surface area (Å²) in [7, 11) is 0. The zero-order valence-electron chi connectivity index (χ0n) is 15.3. The van der Waals surface area contributed by atoms with Gasteiger partial charge in [0.15, 0.2) is 0 Å². The molecule has 3 rings (SSSR count). The number of halogens is 1. The Labute approximate surface area is 166 Å². The fourth-order valence-corrected chi connectivity index (χ4v) is 4.37. The summed E-state index contributed by atoms with van der Waals surface area (Å²) >= 11 is 1.91. The Balaban J connectivity index is 0.00000243. The molecule has 0 aliphatic carbocycles. The fraction of sp³-hybridized carbons (Fsp3) is 0.579. The molecule has 2 heterocycles. The first-order chi connectivity index (χ1) is 12.1. The number of thioether (sulfide) groups is 1. The molecule has 1 aromatic rings. The molecule has 0 saturated carbocycles. The maximum atomic E-state index is 12.7. The van der Waals surface area contributed by atoms with Crippen molar-refractivity contribution in [1.29, 1.82) is 0 Å². The first kappa shape index (κ1) is 21.1. The summed E-state index contributed by atoms with van der Waals surface area (Å²) in [5, 5.41) is 3.43. The maximum absolute atomic E-state index is 12.7. The van der Waals surface area contributed by atoms with Crippen molar-refractivity contribution >= 4 is 36.0 Å². The third-order valence-corrected chi connectivity index (χ3v) is 5.95. The van der Waals surface area contributed by atoms with Gasteiger partial charge in [0.05, 0.1) is 0 Å². The Morgan fingerprint density at radius 2 is 1.96 bits per heavy atom. The van der Waals surface area contributed by atoms with Crippen molar-refractivity contribution in [3.8, 4) is 0 Å². The highest BCUT2D eigenvalue weighted by atomic mass is 35.5. The van der Waals surface area contributed by atoms with E-state index in [9.17, 15) is 9.59 Å². The van der Waals surface area contributed by atoms with Crippen LogP contribution in [0.2, 0.25) is 0 Å². The van der Waals surface area contributed by atoms with E-state index < -0.39 is 0 Å². The van der Waals surface area contributed by atoms with Crippen LogP contribution in [0.5, 0.6) is 0 Å². The summed E-state index contributed by atoms with van der Waals surface area (Å²) in [6.45, 7) is 5.70. The molecule has 2 aliphatic heterocycles. The normalized spacial score (nSPS) is 20.9. The summed E-state index contributed by atoms with van der Waals surface area (Å²) in [6, 6.07) is 8.01. The summed E-state index contributed by atoms with van der Waals surface area (Å²) in [5.74, 6) is 2.43. The van der Waals surface area contributed by atoms with Crippen molar-refractivity contribution in [3.63, 3.8) is 0 Å². The monoisotopic (exact) mass is 397 g/mol. The number of nitrogens with zero attached hydrogens (tertiary/aromatic N) is 2. The molecule has 2 fully saturated rings. The van der Waals surface area contributed by atoms with Crippen LogP contribution in [0.25, 0.3) is 0 Å². The van der Waals surface area contributed by atoms with E-state index in [-0.39, 0.29) is 24.2 Å². The molecule has 1 N–H and O–H groups in total. The van der Waals surface area contributed by atoms with Gasteiger partial charge in [-0.1, -0.05) is 17.7 Å². The van der Waals surface area contributed by atoms with Crippen LogP contribution in [0.1, 0.15) is 28.8 Å². The lowest BCUT2D eigenvalue weighted by Gasteiger charge is -2.27. The van der Waals surface area contributed by atoms with Crippen molar-refractivity contribution in [2.24, 2.45) is 0 Å². The Morgan fingerprint density at radius 3 is 2.69 bits per heavy atom. The van der Waals surface area contributed by atoms with Crippen molar-refractivity contribution < 1.29 is 9.59 Å². The van der Waals surface area contributed by atoms with Crippen LogP contribution < -0.4 is 5.32 Å². The summed E-state index contributed by atoms with van der Waals surface area (Å²) < 4.78 is 0. The standard InChI is InChI=1S/C19H27N3O2S.ClH/c1-15-4-2-5-16(12-15)19(24)22-8-3-7-21(9-10-22)18(23)13-17-14-25-11-6-20-17;/h2,4-5,12,17,20H,3,6-11,13-14H2,1H3;1H. The highest BCUT2D eigenvalue weighted by Gasteiger charge is 2.25. The van der Waals surface area contributed by atoms with Crippen molar-refractivity contribution in [1.82, 2.24) is 15.1 Å². The van der Waals surface area contributed by atoms with Crippen LogP contribution in [-0.4, -0.2) is 71.9 Å². The second-order valence-corrected chi connectivity index (χ2v) is 7.98. The molecule has 1 aromatic carbocycles. The van der Waals surface area contributed by atoms with Crippen LogP contribution >= 0.6 is 24.2 Å². The van der Waals surface area contributed by atoms with E-state index in [1.807, 2.05) is 52.8 Å². The molecular formula is C19H28ClN3O2S. The SMILES string of the molecule is Cc1cccc(C(=O)N2CCCN(C(=O)CC3CSCCN3)CC2)c1.Cl. The van der Waals surface area contributed by atoms with Crippen molar-refractivity contribution in [2.45, 2.75) is 25.8 Å². The molecule has 0 aromatic heterocycles. The molecule has 0 radical (unpaired) electrons. The van der Waals surface area contributed by atoms with E-state index in [0.29, 0.717) is 32.1 Å². The molecule has 144 valence electrons. The van der Waals surface area contributed by atoms with Gasteiger partial charge >= 0.3 is 0 Å². The van der Waals surface area contributed by atoms with Gasteiger partial charge in [0.1, 0.15) is 0 Å². The number of hydrogen-bond donors (Lipinski definition) is 1. The third kappa shape index (κ3) is 5.63. The molecule has 7 heteroatoms. The fourth-order valence-electron chi connectivity index (χ4n) is 3.42. The van der Waals surface area contributed by atoms with Gasteiger partial charge in [0.2, 0.25) is 5.91 Å². The van der Waals surface area contributed by atoms with Crippen LogP contribution in [0.15, 0.2) is 24.3 Å². The zero-order valence-corrected chi connectivity index (χ0v) is 16.9. The van der Waals surface area contributed by atoms with Gasteiger partial charge < -0.3 is 15.1 Å². The molecule has 0 bridgehead atoms. The van der Waals surface area contributed by atoms with Gasteiger partial charge in [-0.05, 0) is 25.5 Å². The smallest absolute Gasteiger partial charge is 0.253 e. The summed E-state index contributed by atoms with van der Waals surface area (Å²) in [5.41, 5.74) is 1.83. The van der Waals surface area contributed by atoms with E-state index in [1.54, 1.807) is 0 Å². The number of nitrogens with one attached hydrogen (secondary N) is 1. The number of aryl methyl sites for hydroxylation is 1. The molecule has 2 amide bonds. The largest absolute Gasteiger partial charge is 0.341 e. The Bertz CT molecular complexity index is 623. The van der Waals surface area contributed by atoms with E-state index in [1.165, 1.54) is 0 Å². The average Bonchev–Trinajstić information content (AvgIpc) is 2.88. The number of benzene rings is 1. The molecule has 1 atom stereocenters. The average molecular weight is 398 g/mol.